The maximum atomic E-state index is 12.1. The molecule has 0 bridgehead atoms. The molecule has 0 unspecified atom stereocenters. The van der Waals surface area contributed by atoms with Crippen LogP contribution in [0.2, 0.25) is 0 Å². The van der Waals surface area contributed by atoms with Gasteiger partial charge in [0.1, 0.15) is 0 Å². The lowest BCUT2D eigenvalue weighted by Crippen LogP contribution is -2.03. The second-order valence-corrected chi connectivity index (χ2v) is 4.91. The first kappa shape index (κ1) is 11.8. The largest absolute Gasteiger partial charge is 0.343 e. The maximum absolute atomic E-state index is 12.1. The Bertz CT molecular complexity index is 674. The molecular weight excluding hydrogens is 258 g/mol. The summed E-state index contributed by atoms with van der Waals surface area (Å²) in [5, 5.41) is 2.71. The van der Waals surface area contributed by atoms with Gasteiger partial charge in [-0.1, -0.05) is 30.3 Å². The van der Waals surface area contributed by atoms with Gasteiger partial charge in [0.05, 0.1) is 12.1 Å². The highest BCUT2D eigenvalue weighted by Gasteiger charge is 2.11. The highest BCUT2D eigenvalue weighted by Crippen LogP contribution is 2.20. The summed E-state index contributed by atoms with van der Waals surface area (Å²) in [6.45, 7) is 0. The van der Waals surface area contributed by atoms with Gasteiger partial charge in [-0.2, -0.15) is 0 Å². The quantitative estimate of drug-likeness (QED) is 0.741. The monoisotopic (exact) mass is 269 g/mol. The fourth-order valence-electron chi connectivity index (χ4n) is 1.77. The van der Waals surface area contributed by atoms with Crippen LogP contribution < -0.4 is 0 Å². The Morgan fingerprint density at radius 1 is 1.26 bits per heavy atom. The van der Waals surface area contributed by atoms with E-state index >= 15 is 0 Å². The molecule has 0 fully saturated rings. The van der Waals surface area contributed by atoms with Crippen LogP contribution in [0.15, 0.2) is 48.1 Å². The minimum absolute atomic E-state index is 0.0805. The summed E-state index contributed by atoms with van der Waals surface area (Å²) < 4.78 is 0. The number of carbonyl (C=O) groups excluding carboxylic acids is 1. The number of hydrogen-bond acceptors (Lipinski definition) is 4. The van der Waals surface area contributed by atoms with Gasteiger partial charge < -0.3 is 4.98 Å². The molecule has 0 saturated heterocycles. The van der Waals surface area contributed by atoms with Crippen molar-refractivity contribution < 1.29 is 4.79 Å². The lowest BCUT2D eigenvalue weighted by Gasteiger charge is -1.97. The molecule has 0 amide bonds. The molecule has 0 aliphatic heterocycles. The van der Waals surface area contributed by atoms with Crippen LogP contribution in [0.25, 0.3) is 10.8 Å². The van der Waals surface area contributed by atoms with Crippen molar-refractivity contribution in [2.75, 3.05) is 0 Å². The van der Waals surface area contributed by atoms with Crippen LogP contribution >= 0.6 is 11.3 Å². The van der Waals surface area contributed by atoms with Crippen LogP contribution in [0.3, 0.4) is 0 Å². The van der Waals surface area contributed by atoms with Gasteiger partial charge in [0.25, 0.3) is 0 Å². The molecule has 0 aliphatic rings. The fraction of sp³-hybridized carbons (Fsp3) is 0.0714. The van der Waals surface area contributed by atoms with E-state index in [9.17, 15) is 4.79 Å². The lowest BCUT2D eigenvalue weighted by atomic mass is 10.1. The minimum Gasteiger partial charge on any atom is -0.343 e. The minimum atomic E-state index is 0.0805. The zero-order valence-electron chi connectivity index (χ0n) is 10.0. The maximum Gasteiger partial charge on any atom is 0.168 e. The number of nitrogens with one attached hydrogen (secondary N) is 1. The Hall–Kier alpha value is -2.27. The molecule has 19 heavy (non-hydrogen) atoms. The standard InChI is InChI=1S/C14H11N3OS/c18-12(10-4-2-1-3-5-10)8-11-9-19-14(17-11)13-15-6-7-16-13/h1-7,9H,8H2,(H,15,16). The van der Waals surface area contributed by atoms with Gasteiger partial charge >= 0.3 is 0 Å². The second-order valence-electron chi connectivity index (χ2n) is 4.05. The number of rotatable bonds is 4. The van der Waals surface area contributed by atoms with Gasteiger partial charge in [-0.25, -0.2) is 9.97 Å². The highest BCUT2D eigenvalue weighted by atomic mass is 32.1. The summed E-state index contributed by atoms with van der Waals surface area (Å²) in [6.07, 6.45) is 3.76. The van der Waals surface area contributed by atoms with Crippen LogP contribution in [0.4, 0.5) is 0 Å². The van der Waals surface area contributed by atoms with E-state index in [1.165, 1.54) is 11.3 Å². The third-order valence-corrected chi connectivity index (χ3v) is 3.59. The van der Waals surface area contributed by atoms with E-state index < -0.39 is 0 Å². The Kier molecular flexibility index (Phi) is 3.20. The Morgan fingerprint density at radius 3 is 2.84 bits per heavy atom. The zero-order chi connectivity index (χ0) is 13.1. The number of benzene rings is 1. The number of aromatic nitrogens is 3. The smallest absolute Gasteiger partial charge is 0.168 e. The van der Waals surface area contributed by atoms with Crippen LogP contribution in [0, 0.1) is 0 Å². The van der Waals surface area contributed by atoms with Crippen molar-refractivity contribution in [2.24, 2.45) is 0 Å². The number of ketones is 1. The van der Waals surface area contributed by atoms with E-state index in [0.29, 0.717) is 6.42 Å². The summed E-state index contributed by atoms with van der Waals surface area (Å²) >= 11 is 1.49. The Balaban J connectivity index is 1.76. The third kappa shape index (κ3) is 2.61. The van der Waals surface area contributed by atoms with Crippen molar-refractivity contribution in [1.29, 1.82) is 0 Å². The van der Waals surface area contributed by atoms with Crippen molar-refractivity contribution in [3.63, 3.8) is 0 Å². The van der Waals surface area contributed by atoms with Crippen LogP contribution in [0.5, 0.6) is 0 Å². The first-order valence-corrected chi connectivity index (χ1v) is 6.73. The predicted molar refractivity (Wildman–Crippen MR) is 74.2 cm³/mol. The molecule has 2 heterocycles. The number of Topliss-reactive ketones (excluding diaryl/α,β-unsaturated/α-hetero) is 1. The normalized spacial score (nSPS) is 10.5. The fourth-order valence-corrected chi connectivity index (χ4v) is 2.55. The van der Waals surface area contributed by atoms with Gasteiger partial charge in [0.15, 0.2) is 16.6 Å². The molecule has 0 aliphatic carbocycles. The van der Waals surface area contributed by atoms with E-state index in [2.05, 4.69) is 15.0 Å². The predicted octanol–water partition coefficient (Wildman–Crippen LogP) is 2.96. The molecule has 1 aromatic carbocycles. The number of H-pyrrole nitrogens is 1. The van der Waals surface area contributed by atoms with Gasteiger partial charge in [0.2, 0.25) is 0 Å². The highest BCUT2D eigenvalue weighted by molar-refractivity contribution is 7.13. The Morgan fingerprint density at radius 2 is 2.11 bits per heavy atom. The van der Waals surface area contributed by atoms with Gasteiger partial charge in [-0.15, -0.1) is 11.3 Å². The number of thiazole rings is 1. The molecule has 3 rings (SSSR count). The van der Waals surface area contributed by atoms with Gasteiger partial charge in [0, 0.05) is 23.3 Å². The van der Waals surface area contributed by atoms with E-state index in [0.717, 1.165) is 22.1 Å². The van der Waals surface area contributed by atoms with Crippen LogP contribution in [0.1, 0.15) is 16.1 Å². The molecule has 0 atom stereocenters. The van der Waals surface area contributed by atoms with E-state index in [1.807, 2.05) is 35.7 Å². The van der Waals surface area contributed by atoms with Crippen molar-refractivity contribution in [3.05, 3.63) is 59.4 Å². The molecule has 3 aromatic rings. The summed E-state index contributed by atoms with van der Waals surface area (Å²) in [5.74, 6) is 0.820. The summed E-state index contributed by atoms with van der Waals surface area (Å²) in [4.78, 5) is 23.6. The molecule has 5 heteroatoms. The summed E-state index contributed by atoms with van der Waals surface area (Å²) in [6, 6.07) is 9.27. The van der Waals surface area contributed by atoms with E-state index in [4.69, 9.17) is 0 Å². The second kappa shape index (κ2) is 5.16. The topological polar surface area (TPSA) is 58.6 Å². The molecule has 4 nitrogen and oxygen atoms in total. The number of nitrogens with zero attached hydrogens (tertiary/aromatic N) is 2. The molecule has 2 aromatic heterocycles. The third-order valence-electron chi connectivity index (χ3n) is 2.69. The number of aromatic amines is 1. The average molecular weight is 269 g/mol. The first-order valence-electron chi connectivity index (χ1n) is 5.85. The lowest BCUT2D eigenvalue weighted by molar-refractivity contribution is 0.0992. The average Bonchev–Trinajstić information content (AvgIpc) is 3.10. The van der Waals surface area contributed by atoms with Crippen molar-refractivity contribution in [1.82, 2.24) is 15.0 Å². The van der Waals surface area contributed by atoms with Gasteiger partial charge in [-0.05, 0) is 0 Å². The Labute approximate surface area is 114 Å². The van der Waals surface area contributed by atoms with Crippen molar-refractivity contribution in [2.45, 2.75) is 6.42 Å². The van der Waals surface area contributed by atoms with E-state index in [1.54, 1.807) is 12.4 Å². The van der Waals surface area contributed by atoms with E-state index in [-0.39, 0.29) is 5.78 Å². The number of hydrogen-bond donors (Lipinski definition) is 1. The first-order chi connectivity index (χ1) is 9.33. The van der Waals surface area contributed by atoms with Crippen molar-refractivity contribution in [3.8, 4) is 10.8 Å². The molecule has 1 N–H and O–H groups in total. The molecule has 0 spiro atoms. The number of carbonyl (C=O) groups is 1. The van der Waals surface area contributed by atoms with Crippen LogP contribution in [-0.4, -0.2) is 20.7 Å². The summed E-state index contributed by atoms with van der Waals surface area (Å²) in [5.41, 5.74) is 1.50. The molecule has 0 radical (unpaired) electrons. The summed E-state index contributed by atoms with van der Waals surface area (Å²) in [7, 11) is 0. The zero-order valence-corrected chi connectivity index (χ0v) is 10.9. The van der Waals surface area contributed by atoms with Crippen LogP contribution in [-0.2, 0) is 6.42 Å². The van der Waals surface area contributed by atoms with Crippen molar-refractivity contribution >= 4 is 17.1 Å². The molecule has 94 valence electrons. The molecular formula is C14H11N3OS. The molecule has 0 saturated carbocycles. The SMILES string of the molecule is O=C(Cc1csc(-c2ncc[nH]2)n1)c1ccccc1. The van der Waals surface area contributed by atoms with Gasteiger partial charge in [-0.3, -0.25) is 4.79 Å². The number of imidazole rings is 1.